The predicted molar refractivity (Wildman–Crippen MR) is 89.6 cm³/mol. The minimum Gasteiger partial charge on any atom is -0.377 e. The molecule has 1 atom stereocenters. The van der Waals surface area contributed by atoms with Gasteiger partial charge in [0, 0.05) is 12.1 Å². The van der Waals surface area contributed by atoms with Gasteiger partial charge in [-0.15, -0.1) is 0 Å². The van der Waals surface area contributed by atoms with Gasteiger partial charge in [0.1, 0.15) is 0 Å². The van der Waals surface area contributed by atoms with E-state index in [1.54, 1.807) is 4.90 Å². The lowest BCUT2D eigenvalue weighted by atomic mass is 10.1. The summed E-state index contributed by atoms with van der Waals surface area (Å²) in [6.45, 7) is 4.59. The Bertz CT molecular complexity index is 647. The lowest BCUT2D eigenvalue weighted by molar-refractivity contribution is -0.137. The molecule has 0 bridgehead atoms. The molecule has 0 radical (unpaired) electrons. The highest BCUT2D eigenvalue weighted by molar-refractivity contribution is 5.96. The average Bonchev–Trinajstić information content (AvgIpc) is 3.05. The van der Waals surface area contributed by atoms with Gasteiger partial charge in [0.2, 0.25) is 5.91 Å². The second-order valence-corrected chi connectivity index (χ2v) is 6.53. The van der Waals surface area contributed by atoms with Crippen LogP contribution in [0.5, 0.6) is 0 Å². The highest BCUT2D eigenvalue weighted by Gasteiger charge is 2.31. The normalized spacial score (nSPS) is 17.6. The molecule has 1 aromatic rings. The number of carbonyl (C=O) groups excluding carboxylic acids is 2. The quantitative estimate of drug-likeness (QED) is 0.835. The third kappa shape index (κ3) is 5.45. The number of alkyl halides is 3. The molecule has 0 saturated carbocycles. The fraction of sp³-hybridized carbons (Fsp3) is 0.556. The first-order valence-corrected chi connectivity index (χ1v) is 8.55. The van der Waals surface area contributed by atoms with Gasteiger partial charge in [-0.3, -0.25) is 9.59 Å². The van der Waals surface area contributed by atoms with E-state index in [-0.39, 0.29) is 30.2 Å². The predicted octanol–water partition coefficient (Wildman–Crippen LogP) is 2.85. The zero-order chi connectivity index (χ0) is 19.3. The summed E-state index contributed by atoms with van der Waals surface area (Å²) in [7, 11) is 0. The number of hydrogen-bond acceptors (Lipinski definition) is 3. The molecule has 1 N–H and O–H groups in total. The van der Waals surface area contributed by atoms with Gasteiger partial charge in [-0.05, 0) is 44.9 Å². The molecular formula is C18H23F3N2O3. The van der Waals surface area contributed by atoms with Crippen molar-refractivity contribution in [3.8, 4) is 0 Å². The molecule has 5 nitrogen and oxygen atoms in total. The van der Waals surface area contributed by atoms with Crippen molar-refractivity contribution in [2.45, 2.75) is 45.0 Å². The zero-order valence-electron chi connectivity index (χ0n) is 14.8. The topological polar surface area (TPSA) is 58.6 Å². The maximum Gasteiger partial charge on any atom is 0.416 e. The van der Waals surface area contributed by atoms with Crippen LogP contribution in [0.4, 0.5) is 13.2 Å². The number of rotatable bonds is 6. The summed E-state index contributed by atoms with van der Waals surface area (Å²) < 4.78 is 43.7. The van der Waals surface area contributed by atoms with Crippen molar-refractivity contribution in [1.82, 2.24) is 10.2 Å². The average molecular weight is 372 g/mol. The number of benzene rings is 1. The van der Waals surface area contributed by atoms with Gasteiger partial charge in [0.25, 0.3) is 5.91 Å². The number of nitrogens with one attached hydrogen (secondary N) is 1. The number of halogens is 3. The van der Waals surface area contributed by atoms with Crippen LogP contribution in [0.1, 0.15) is 42.6 Å². The monoisotopic (exact) mass is 372 g/mol. The first-order valence-electron chi connectivity index (χ1n) is 8.55. The molecule has 0 unspecified atom stereocenters. The van der Waals surface area contributed by atoms with E-state index in [2.05, 4.69) is 5.32 Å². The van der Waals surface area contributed by atoms with Crippen LogP contribution in [0.15, 0.2) is 24.3 Å². The van der Waals surface area contributed by atoms with E-state index >= 15 is 0 Å². The summed E-state index contributed by atoms with van der Waals surface area (Å²) in [6, 6.07) is 4.08. The first kappa shape index (κ1) is 20.2. The molecule has 26 heavy (non-hydrogen) atoms. The van der Waals surface area contributed by atoms with Gasteiger partial charge in [-0.25, -0.2) is 0 Å². The molecule has 1 heterocycles. The second kappa shape index (κ2) is 8.53. The molecule has 1 fully saturated rings. The van der Waals surface area contributed by atoms with Crippen LogP contribution in [0, 0.1) is 0 Å². The van der Waals surface area contributed by atoms with E-state index in [0.29, 0.717) is 13.2 Å². The molecular weight excluding hydrogens is 349 g/mol. The van der Waals surface area contributed by atoms with Crippen LogP contribution in [0.3, 0.4) is 0 Å². The number of ether oxygens (including phenoxy) is 1. The van der Waals surface area contributed by atoms with Crippen molar-refractivity contribution in [3.05, 3.63) is 35.4 Å². The first-order chi connectivity index (χ1) is 12.2. The van der Waals surface area contributed by atoms with E-state index in [4.69, 9.17) is 4.74 Å². The SMILES string of the molecule is CC(C)OC[C@@H]1CCCN1C(=O)CNC(=O)c1cccc(C(F)(F)F)c1. The van der Waals surface area contributed by atoms with Crippen molar-refractivity contribution < 1.29 is 27.5 Å². The largest absolute Gasteiger partial charge is 0.416 e. The standard InChI is InChI=1S/C18H23F3N2O3/c1-12(2)26-11-15-7-4-8-23(15)16(24)10-22-17(25)13-5-3-6-14(9-13)18(19,20)21/h3,5-6,9,12,15H,4,7-8,10-11H2,1-2H3,(H,22,25)/t15-/m0/s1. The summed E-state index contributed by atoms with van der Waals surface area (Å²) in [5.41, 5.74) is -1.03. The number of carbonyl (C=O) groups is 2. The lowest BCUT2D eigenvalue weighted by Crippen LogP contribution is -2.44. The molecule has 144 valence electrons. The molecule has 0 aromatic heterocycles. The summed E-state index contributed by atoms with van der Waals surface area (Å²) in [5, 5.41) is 2.40. The minimum atomic E-state index is -4.52. The van der Waals surface area contributed by atoms with Gasteiger partial charge in [-0.2, -0.15) is 13.2 Å². The summed E-state index contributed by atoms with van der Waals surface area (Å²) in [5.74, 6) is -0.973. The summed E-state index contributed by atoms with van der Waals surface area (Å²) >= 11 is 0. The van der Waals surface area contributed by atoms with Crippen LogP contribution in [-0.4, -0.2) is 48.6 Å². The Kier molecular flexibility index (Phi) is 6.63. The van der Waals surface area contributed by atoms with Crippen LogP contribution in [0.25, 0.3) is 0 Å². The lowest BCUT2D eigenvalue weighted by Gasteiger charge is -2.25. The Morgan fingerprint density at radius 2 is 2.08 bits per heavy atom. The van der Waals surface area contributed by atoms with E-state index < -0.39 is 17.6 Å². The Hall–Kier alpha value is -2.09. The van der Waals surface area contributed by atoms with Crippen molar-refractivity contribution >= 4 is 11.8 Å². The van der Waals surface area contributed by atoms with Crippen molar-refractivity contribution in [1.29, 1.82) is 0 Å². The van der Waals surface area contributed by atoms with E-state index in [1.165, 1.54) is 12.1 Å². The van der Waals surface area contributed by atoms with Crippen LogP contribution in [-0.2, 0) is 15.7 Å². The maximum absolute atomic E-state index is 12.7. The molecule has 0 spiro atoms. The van der Waals surface area contributed by atoms with Crippen LogP contribution < -0.4 is 5.32 Å². The van der Waals surface area contributed by atoms with Gasteiger partial charge < -0.3 is 15.0 Å². The third-order valence-corrected chi connectivity index (χ3v) is 4.17. The van der Waals surface area contributed by atoms with Crippen LogP contribution in [0.2, 0.25) is 0 Å². The number of likely N-dealkylation sites (tertiary alicyclic amines) is 1. The Morgan fingerprint density at radius 1 is 1.35 bits per heavy atom. The molecule has 1 saturated heterocycles. The summed E-state index contributed by atoms with van der Waals surface area (Å²) in [6.07, 6.45) is -2.77. The van der Waals surface area contributed by atoms with Crippen molar-refractivity contribution in [2.75, 3.05) is 19.7 Å². The maximum atomic E-state index is 12.7. The second-order valence-electron chi connectivity index (χ2n) is 6.53. The molecule has 1 aromatic carbocycles. The zero-order valence-corrected chi connectivity index (χ0v) is 14.8. The molecule has 0 aliphatic carbocycles. The molecule has 1 aliphatic heterocycles. The van der Waals surface area contributed by atoms with Crippen molar-refractivity contribution in [3.63, 3.8) is 0 Å². The highest BCUT2D eigenvalue weighted by atomic mass is 19.4. The summed E-state index contributed by atoms with van der Waals surface area (Å²) in [4.78, 5) is 26.1. The van der Waals surface area contributed by atoms with Crippen LogP contribution >= 0.6 is 0 Å². The van der Waals surface area contributed by atoms with E-state index in [9.17, 15) is 22.8 Å². The molecule has 2 amide bonds. The molecule has 2 rings (SSSR count). The smallest absolute Gasteiger partial charge is 0.377 e. The Morgan fingerprint density at radius 3 is 2.73 bits per heavy atom. The highest BCUT2D eigenvalue weighted by Crippen LogP contribution is 2.29. The number of hydrogen-bond donors (Lipinski definition) is 1. The fourth-order valence-corrected chi connectivity index (χ4v) is 2.84. The Labute approximate surface area is 150 Å². The molecule has 1 aliphatic rings. The van der Waals surface area contributed by atoms with Gasteiger partial charge in [0.15, 0.2) is 0 Å². The van der Waals surface area contributed by atoms with E-state index in [0.717, 1.165) is 25.0 Å². The molecule has 8 heteroatoms. The van der Waals surface area contributed by atoms with Gasteiger partial charge in [0.05, 0.1) is 30.9 Å². The Balaban J connectivity index is 1.91. The number of amides is 2. The van der Waals surface area contributed by atoms with E-state index in [1.807, 2.05) is 13.8 Å². The van der Waals surface area contributed by atoms with Gasteiger partial charge >= 0.3 is 6.18 Å². The van der Waals surface area contributed by atoms with Crippen molar-refractivity contribution in [2.24, 2.45) is 0 Å². The van der Waals surface area contributed by atoms with Gasteiger partial charge in [-0.1, -0.05) is 6.07 Å². The number of nitrogens with zero attached hydrogens (tertiary/aromatic N) is 1. The fourth-order valence-electron chi connectivity index (χ4n) is 2.84. The third-order valence-electron chi connectivity index (χ3n) is 4.17. The minimum absolute atomic E-state index is 0.0321.